The van der Waals surface area contributed by atoms with Crippen LogP contribution in [-0.2, 0) is 0 Å². The van der Waals surface area contributed by atoms with Crippen LogP contribution in [0.4, 0.5) is 0 Å². The molecule has 0 radical (unpaired) electrons. The van der Waals surface area contributed by atoms with Crippen molar-refractivity contribution in [3.05, 3.63) is 105 Å². The van der Waals surface area contributed by atoms with E-state index in [4.69, 9.17) is 18.6 Å². The molecule has 2 heterocycles. The number of rotatable bonds is 2. The monoisotopic (exact) mass is 839 g/mol. The van der Waals surface area contributed by atoms with Gasteiger partial charge in [0.25, 0.3) is 0 Å². The van der Waals surface area contributed by atoms with Crippen molar-refractivity contribution in [3.8, 4) is 79.7 Å². The SMILES string of the molecule is Cc1cc(O)c2c3c(c4c5c(cc(O)cc5c13)O[B-]1(Oc3cc(O)cc5c3c(c3c6c(c(O)cc(C)c65)C(=O)c5c(O)cc(C(C)C)cc5-3)O1)O4)-c1cc(C(C)C)cc(O)c1C2=O. The van der Waals surface area contributed by atoms with Gasteiger partial charge in [-0.05, 0) is 107 Å². The minimum Gasteiger partial charge on any atom is -0.610 e. The molecule has 2 aliphatic heterocycles. The van der Waals surface area contributed by atoms with E-state index in [1.807, 2.05) is 39.8 Å². The smallest absolute Gasteiger partial charge is 0.610 e. The fourth-order valence-corrected chi connectivity index (χ4v) is 10.6. The van der Waals surface area contributed by atoms with Gasteiger partial charge < -0.3 is 49.3 Å². The lowest BCUT2D eigenvalue weighted by atomic mass is 9.76. The van der Waals surface area contributed by atoms with Gasteiger partial charge >= 0.3 is 6.96 Å². The average molecular weight is 840 g/mol. The summed E-state index contributed by atoms with van der Waals surface area (Å²) in [6.45, 7) is 7.77. The van der Waals surface area contributed by atoms with E-state index in [1.165, 1.54) is 48.5 Å². The minimum absolute atomic E-state index is 0.0499. The van der Waals surface area contributed by atoms with E-state index in [9.17, 15) is 40.2 Å². The topological polar surface area (TPSA) is 192 Å². The van der Waals surface area contributed by atoms with Crippen LogP contribution in [0.2, 0.25) is 0 Å². The van der Waals surface area contributed by atoms with E-state index < -0.39 is 18.5 Å². The predicted molar refractivity (Wildman–Crippen MR) is 237 cm³/mol. The van der Waals surface area contributed by atoms with E-state index in [2.05, 4.69) is 0 Å². The summed E-state index contributed by atoms with van der Waals surface area (Å²) in [7, 11) is 0. The Kier molecular flexibility index (Phi) is 6.91. The predicted octanol–water partition coefficient (Wildman–Crippen LogP) is 10.5. The highest BCUT2D eigenvalue weighted by Crippen LogP contribution is 2.61. The molecule has 0 aromatic heterocycles. The van der Waals surface area contributed by atoms with E-state index in [0.29, 0.717) is 76.5 Å². The van der Waals surface area contributed by atoms with Gasteiger partial charge in [-0.3, -0.25) is 9.59 Å². The number of carbonyl (C=O) groups excluding carboxylic acids is 2. The average Bonchev–Trinajstić information content (AvgIpc) is 3.19. The molecule has 0 atom stereocenters. The van der Waals surface area contributed by atoms with Crippen LogP contribution in [0.25, 0.3) is 65.3 Å². The molecule has 2 aliphatic carbocycles. The summed E-state index contributed by atoms with van der Waals surface area (Å²) in [5, 5.41) is 72.3. The van der Waals surface area contributed by atoms with Crippen molar-refractivity contribution in [1.29, 1.82) is 0 Å². The minimum atomic E-state index is -3.59. The fourth-order valence-electron chi connectivity index (χ4n) is 10.6. The third kappa shape index (κ3) is 4.55. The second-order valence-corrected chi connectivity index (χ2v) is 17.8. The van der Waals surface area contributed by atoms with Crippen LogP contribution in [0.1, 0.15) is 93.6 Å². The van der Waals surface area contributed by atoms with Crippen LogP contribution in [0.15, 0.2) is 60.7 Å². The lowest BCUT2D eigenvalue weighted by Crippen LogP contribution is -2.62. The molecule has 0 fully saturated rings. The van der Waals surface area contributed by atoms with Gasteiger partial charge in [0, 0.05) is 55.9 Å². The van der Waals surface area contributed by atoms with Crippen molar-refractivity contribution < 1.29 is 58.8 Å². The molecule has 8 aromatic rings. The van der Waals surface area contributed by atoms with Crippen LogP contribution < -0.4 is 18.6 Å². The number of ketones is 2. The molecule has 8 aromatic carbocycles. The Balaban J connectivity index is 1.22. The van der Waals surface area contributed by atoms with E-state index in [-0.39, 0.29) is 91.6 Å². The zero-order valence-electron chi connectivity index (χ0n) is 34.6. The maximum Gasteiger partial charge on any atom is 0.777 e. The van der Waals surface area contributed by atoms with Gasteiger partial charge in [0.2, 0.25) is 11.6 Å². The highest BCUT2D eigenvalue weighted by atomic mass is 16.9. The first-order chi connectivity index (χ1) is 30.0. The first-order valence-corrected chi connectivity index (χ1v) is 20.7. The Morgan fingerprint density at radius 1 is 0.429 bits per heavy atom. The van der Waals surface area contributed by atoms with Crippen LogP contribution in [0.5, 0.6) is 57.5 Å². The van der Waals surface area contributed by atoms with Crippen molar-refractivity contribution in [1.82, 2.24) is 0 Å². The number of phenols is 6. The van der Waals surface area contributed by atoms with Crippen molar-refractivity contribution >= 4 is 61.6 Å². The molecule has 0 amide bonds. The number of aromatic hydroxyl groups is 6. The van der Waals surface area contributed by atoms with Gasteiger partial charge in [0.1, 0.15) is 34.5 Å². The Morgan fingerprint density at radius 3 is 1.19 bits per heavy atom. The molecule has 1 spiro atoms. The number of carbonyl (C=O) groups is 2. The van der Waals surface area contributed by atoms with Crippen molar-refractivity contribution in [2.24, 2.45) is 0 Å². The molecule has 12 nitrogen and oxygen atoms in total. The Hall–Kier alpha value is -7.80. The molecular formula is C50H36BO12-. The molecule has 0 saturated carbocycles. The van der Waals surface area contributed by atoms with Crippen LogP contribution in [-0.4, -0.2) is 49.2 Å². The first-order valence-electron chi connectivity index (χ1n) is 20.7. The van der Waals surface area contributed by atoms with Crippen LogP contribution in [0.3, 0.4) is 0 Å². The number of hydrogen-bond acceptors (Lipinski definition) is 12. The first kappa shape index (κ1) is 37.0. The molecule has 12 rings (SSSR count). The standard InChI is InChI=1S/C50H36BO12/c1-17(2)21-9-25-37(31(56)11-21)47(58)43-29(54)7-19(5)35-27-13-23(52)15-33-39(27)49(41(25)45(35)43)62-51(60-33)61-34-16-24(53)14-28-36-20(6)8-30(55)44-46(36)42(50(63-51)40(28)34)26-10-22(18(3)4)12-32(57)38(26)48(44)59/h7-18,52-57H,1-6H3/q-1. The van der Waals surface area contributed by atoms with E-state index in [1.54, 1.807) is 13.8 Å². The molecule has 0 saturated heterocycles. The lowest BCUT2D eigenvalue weighted by Gasteiger charge is -2.49. The molecule has 0 unspecified atom stereocenters. The normalized spacial score (nSPS) is 14.9. The van der Waals surface area contributed by atoms with Gasteiger partial charge in [-0.2, -0.15) is 0 Å². The molecule has 13 heteroatoms. The fraction of sp³-hybridized carbons (Fsp3) is 0.160. The van der Waals surface area contributed by atoms with Gasteiger partial charge in [0.15, 0.2) is 0 Å². The molecule has 312 valence electrons. The van der Waals surface area contributed by atoms with Crippen molar-refractivity contribution in [2.75, 3.05) is 0 Å². The summed E-state index contributed by atoms with van der Waals surface area (Å²) >= 11 is 0. The van der Waals surface area contributed by atoms with E-state index >= 15 is 0 Å². The maximum atomic E-state index is 14.5. The Labute approximate surface area is 357 Å². The number of fused-ring (bicyclic) bond motifs is 8. The quantitative estimate of drug-likeness (QED) is 0.0714. The molecule has 0 bridgehead atoms. The number of phenolic OH excluding ortho intramolecular Hbond substituents is 6. The molecular weight excluding hydrogens is 803 g/mol. The second kappa shape index (κ2) is 11.8. The van der Waals surface area contributed by atoms with Crippen molar-refractivity contribution in [3.63, 3.8) is 0 Å². The number of aryl methyl sites for hydroxylation is 2. The number of benzene rings is 8. The Bertz CT molecular complexity index is 3370. The summed E-state index contributed by atoms with van der Waals surface area (Å²) in [6, 6.07) is 15.4. The highest BCUT2D eigenvalue weighted by Gasteiger charge is 2.52. The summed E-state index contributed by atoms with van der Waals surface area (Å²) in [4.78, 5) is 29.0. The largest absolute Gasteiger partial charge is 0.777 e. The second-order valence-electron chi connectivity index (χ2n) is 17.8. The molecule has 6 N–H and O–H groups in total. The summed E-state index contributed by atoms with van der Waals surface area (Å²) in [5.41, 5.74) is 3.68. The Morgan fingerprint density at radius 2 is 0.810 bits per heavy atom. The molecule has 4 aliphatic rings. The zero-order valence-corrected chi connectivity index (χ0v) is 34.6. The van der Waals surface area contributed by atoms with Gasteiger partial charge in [-0.15, -0.1) is 0 Å². The summed E-state index contributed by atoms with van der Waals surface area (Å²) < 4.78 is 27.5. The molecule has 63 heavy (non-hydrogen) atoms. The van der Waals surface area contributed by atoms with E-state index in [0.717, 1.165) is 11.1 Å². The maximum absolute atomic E-state index is 14.5. The van der Waals surface area contributed by atoms with Gasteiger partial charge in [-0.1, -0.05) is 27.7 Å². The van der Waals surface area contributed by atoms with Gasteiger partial charge in [0.05, 0.1) is 56.0 Å². The third-order valence-corrected chi connectivity index (χ3v) is 13.3. The van der Waals surface area contributed by atoms with Crippen LogP contribution in [0, 0.1) is 13.8 Å². The number of hydrogen-bond donors (Lipinski definition) is 6. The van der Waals surface area contributed by atoms with Crippen LogP contribution >= 0.6 is 0 Å². The summed E-state index contributed by atoms with van der Waals surface area (Å²) in [6.07, 6.45) is 0. The summed E-state index contributed by atoms with van der Waals surface area (Å²) in [5.74, 6) is -2.67. The highest BCUT2D eigenvalue weighted by molar-refractivity contribution is 6.60. The zero-order chi connectivity index (χ0) is 44.0. The van der Waals surface area contributed by atoms with Gasteiger partial charge in [-0.25, -0.2) is 0 Å². The van der Waals surface area contributed by atoms with Crippen molar-refractivity contribution in [2.45, 2.75) is 53.4 Å². The lowest BCUT2D eigenvalue weighted by molar-refractivity contribution is 0.102. The third-order valence-electron chi connectivity index (χ3n) is 13.3.